The van der Waals surface area contributed by atoms with E-state index >= 15 is 0 Å². The fourth-order valence-electron chi connectivity index (χ4n) is 0.933. The van der Waals surface area contributed by atoms with Gasteiger partial charge in [0, 0.05) is 12.0 Å². The lowest BCUT2D eigenvalue weighted by Crippen LogP contribution is -1.87. The highest BCUT2D eigenvalue weighted by molar-refractivity contribution is 7.94. The van der Waals surface area contributed by atoms with Gasteiger partial charge in [0.2, 0.25) is 0 Å². The van der Waals surface area contributed by atoms with Crippen LogP contribution in [0.5, 0.6) is 5.75 Å². The van der Waals surface area contributed by atoms with Crippen molar-refractivity contribution in [1.29, 1.82) is 0 Å². The zero-order valence-corrected chi connectivity index (χ0v) is 8.27. The minimum absolute atomic E-state index is 0.863. The van der Waals surface area contributed by atoms with Crippen molar-refractivity contribution in [3.8, 4) is 5.75 Å². The summed E-state index contributed by atoms with van der Waals surface area (Å²) in [6, 6.07) is 6.01. The zero-order chi connectivity index (χ0) is 8.97. The molecule has 0 saturated heterocycles. The summed E-state index contributed by atoms with van der Waals surface area (Å²) in [4.78, 5) is 1.01. The normalized spacial score (nSPS) is 9.92. The Hall–Kier alpha value is -0.670. The number of hydrogen-bond donors (Lipinski definition) is 0. The van der Waals surface area contributed by atoms with Gasteiger partial charge in [-0.15, -0.1) is 0 Å². The van der Waals surface area contributed by atoms with Crippen LogP contribution in [0.1, 0.15) is 5.56 Å². The van der Waals surface area contributed by atoms with E-state index in [1.165, 1.54) is 17.6 Å². The van der Waals surface area contributed by atoms with Gasteiger partial charge in [0.1, 0.15) is 5.75 Å². The third kappa shape index (κ3) is 2.16. The van der Waals surface area contributed by atoms with E-state index in [2.05, 4.69) is 0 Å². The van der Waals surface area contributed by atoms with Crippen molar-refractivity contribution in [3.63, 3.8) is 0 Å². The van der Waals surface area contributed by atoms with Crippen LogP contribution in [0.3, 0.4) is 0 Å². The number of aryl methyl sites for hydroxylation is 1. The van der Waals surface area contributed by atoms with E-state index in [1.807, 2.05) is 25.1 Å². The molecule has 0 N–H and O–H groups in total. The van der Waals surface area contributed by atoms with Crippen LogP contribution in [-0.2, 0) is 4.18 Å². The van der Waals surface area contributed by atoms with Gasteiger partial charge in [-0.3, -0.25) is 0 Å². The first kappa shape index (κ1) is 9.42. The molecule has 0 radical (unpaired) electrons. The first-order valence-electron chi connectivity index (χ1n) is 3.63. The van der Waals surface area contributed by atoms with Crippen LogP contribution >= 0.6 is 12.0 Å². The Balaban J connectivity index is 2.94. The van der Waals surface area contributed by atoms with Crippen LogP contribution in [0.25, 0.3) is 0 Å². The van der Waals surface area contributed by atoms with Gasteiger partial charge < -0.3 is 8.92 Å². The Morgan fingerprint density at radius 3 is 2.58 bits per heavy atom. The number of rotatable bonds is 3. The summed E-state index contributed by atoms with van der Waals surface area (Å²) in [5.74, 6) is 0.863. The molecule has 1 aromatic carbocycles. The predicted molar refractivity (Wildman–Crippen MR) is 50.6 cm³/mol. The molecule has 0 spiro atoms. The summed E-state index contributed by atoms with van der Waals surface area (Å²) in [5, 5.41) is 0. The van der Waals surface area contributed by atoms with Gasteiger partial charge in [-0.05, 0) is 24.6 Å². The Morgan fingerprint density at radius 1 is 1.25 bits per heavy atom. The second kappa shape index (κ2) is 4.38. The van der Waals surface area contributed by atoms with Crippen LogP contribution in [0.4, 0.5) is 0 Å². The molecule has 0 aliphatic heterocycles. The van der Waals surface area contributed by atoms with Gasteiger partial charge in [0.15, 0.2) is 0 Å². The largest absolute Gasteiger partial charge is 0.495 e. The molecule has 0 aliphatic carbocycles. The molecule has 0 aliphatic rings. The number of methoxy groups -OCH3 is 1. The van der Waals surface area contributed by atoms with E-state index in [4.69, 9.17) is 8.92 Å². The summed E-state index contributed by atoms with van der Waals surface area (Å²) < 4.78 is 10.1. The fraction of sp³-hybridized carbons (Fsp3) is 0.333. The van der Waals surface area contributed by atoms with E-state index in [0.717, 1.165) is 10.6 Å². The van der Waals surface area contributed by atoms with Crippen LogP contribution in [0.15, 0.2) is 23.1 Å². The average molecular weight is 184 g/mol. The van der Waals surface area contributed by atoms with Crippen molar-refractivity contribution in [3.05, 3.63) is 23.8 Å². The molecule has 0 atom stereocenters. The molecule has 0 bridgehead atoms. The second-order valence-corrected chi connectivity index (χ2v) is 3.34. The van der Waals surface area contributed by atoms with E-state index in [-0.39, 0.29) is 0 Å². The van der Waals surface area contributed by atoms with Gasteiger partial charge in [-0.25, -0.2) is 0 Å². The van der Waals surface area contributed by atoms with Crippen molar-refractivity contribution in [2.45, 2.75) is 11.8 Å². The van der Waals surface area contributed by atoms with Crippen molar-refractivity contribution in [1.82, 2.24) is 0 Å². The van der Waals surface area contributed by atoms with Crippen LogP contribution in [0.2, 0.25) is 0 Å². The third-order valence-corrected chi connectivity index (χ3v) is 2.18. The van der Waals surface area contributed by atoms with Gasteiger partial charge >= 0.3 is 0 Å². The van der Waals surface area contributed by atoms with Crippen LogP contribution in [-0.4, -0.2) is 14.2 Å². The fourth-order valence-corrected chi connectivity index (χ4v) is 1.46. The molecule has 0 amide bonds. The number of benzene rings is 1. The maximum atomic E-state index is 5.18. The van der Waals surface area contributed by atoms with Crippen molar-refractivity contribution in [2.24, 2.45) is 0 Å². The van der Waals surface area contributed by atoms with Crippen LogP contribution in [0, 0.1) is 6.92 Å². The summed E-state index contributed by atoms with van der Waals surface area (Å²) in [6.07, 6.45) is 0. The minimum atomic E-state index is 0.863. The van der Waals surface area contributed by atoms with Crippen molar-refractivity contribution < 1.29 is 8.92 Å². The zero-order valence-electron chi connectivity index (χ0n) is 7.46. The Morgan fingerprint density at radius 2 is 2.00 bits per heavy atom. The average Bonchev–Trinajstić information content (AvgIpc) is 2.08. The minimum Gasteiger partial charge on any atom is -0.495 e. The lowest BCUT2D eigenvalue weighted by molar-refractivity contribution is 0.401. The summed E-state index contributed by atoms with van der Waals surface area (Å²) >= 11 is 1.31. The maximum absolute atomic E-state index is 5.18. The Kier molecular flexibility index (Phi) is 3.44. The topological polar surface area (TPSA) is 18.5 Å². The molecule has 0 saturated carbocycles. The van der Waals surface area contributed by atoms with E-state index in [0.29, 0.717) is 0 Å². The molecule has 3 heteroatoms. The molecule has 0 aromatic heterocycles. The van der Waals surface area contributed by atoms with E-state index in [1.54, 1.807) is 14.2 Å². The van der Waals surface area contributed by atoms with Gasteiger partial charge in [0.05, 0.1) is 19.1 Å². The van der Waals surface area contributed by atoms with Crippen molar-refractivity contribution >= 4 is 12.0 Å². The highest BCUT2D eigenvalue weighted by atomic mass is 32.2. The monoisotopic (exact) mass is 184 g/mol. The van der Waals surface area contributed by atoms with Gasteiger partial charge in [-0.2, -0.15) is 0 Å². The molecule has 0 heterocycles. The quantitative estimate of drug-likeness (QED) is 0.673. The standard InChI is InChI=1S/C9H12O2S/c1-7-4-5-9(12-11-3)8(6-7)10-2/h4-6H,1-3H3. The molecule has 12 heavy (non-hydrogen) atoms. The molecule has 1 aromatic rings. The molecule has 0 unspecified atom stereocenters. The second-order valence-electron chi connectivity index (χ2n) is 2.40. The van der Waals surface area contributed by atoms with E-state index in [9.17, 15) is 0 Å². The predicted octanol–water partition coefficient (Wildman–Crippen LogP) is 2.66. The highest BCUT2D eigenvalue weighted by Gasteiger charge is 2.02. The molecule has 1 rings (SSSR count). The number of hydrogen-bond acceptors (Lipinski definition) is 3. The summed E-state index contributed by atoms with van der Waals surface area (Å²) in [6.45, 7) is 2.03. The molecular weight excluding hydrogens is 172 g/mol. The Labute approximate surface area is 77.1 Å². The van der Waals surface area contributed by atoms with Crippen molar-refractivity contribution in [2.75, 3.05) is 14.2 Å². The molecule has 66 valence electrons. The highest BCUT2D eigenvalue weighted by Crippen LogP contribution is 2.29. The molecule has 0 fully saturated rings. The molecule has 2 nitrogen and oxygen atoms in total. The maximum Gasteiger partial charge on any atom is 0.134 e. The van der Waals surface area contributed by atoms with Crippen LogP contribution < -0.4 is 4.74 Å². The van der Waals surface area contributed by atoms with Gasteiger partial charge in [-0.1, -0.05) is 6.07 Å². The number of ether oxygens (including phenoxy) is 1. The SMILES string of the molecule is COSc1ccc(C)cc1OC. The molecular formula is C9H12O2S. The van der Waals surface area contributed by atoms with E-state index < -0.39 is 0 Å². The third-order valence-electron chi connectivity index (χ3n) is 1.49. The summed E-state index contributed by atoms with van der Waals surface area (Å²) in [5.41, 5.74) is 1.19. The lowest BCUT2D eigenvalue weighted by atomic mass is 10.2. The first-order valence-corrected chi connectivity index (χ1v) is 4.37. The first-order chi connectivity index (χ1) is 5.77. The van der Waals surface area contributed by atoms with Gasteiger partial charge in [0.25, 0.3) is 0 Å². The summed E-state index contributed by atoms with van der Waals surface area (Å²) in [7, 11) is 3.30. The lowest BCUT2D eigenvalue weighted by Gasteiger charge is -2.06. The smallest absolute Gasteiger partial charge is 0.134 e. The Bertz CT molecular complexity index is 261.